The first-order chi connectivity index (χ1) is 7.18. The molecule has 1 aromatic rings. The van der Waals surface area contributed by atoms with Gasteiger partial charge in [0, 0.05) is 10.7 Å². The Hall–Kier alpha value is -0.880. The molecule has 15 heavy (non-hydrogen) atoms. The highest BCUT2D eigenvalue weighted by atomic mass is 79.9. The van der Waals surface area contributed by atoms with Gasteiger partial charge >= 0.3 is 0 Å². The van der Waals surface area contributed by atoms with Crippen LogP contribution in [0.25, 0.3) is 0 Å². The average molecular weight is 287 g/mol. The molecule has 6 heteroatoms. The summed E-state index contributed by atoms with van der Waals surface area (Å²) in [5.41, 5.74) is 0.527. The fourth-order valence-corrected chi connectivity index (χ4v) is 2.37. The largest absolute Gasteiger partial charge is 0.273 e. The van der Waals surface area contributed by atoms with Gasteiger partial charge in [-0.05, 0) is 22.0 Å². The van der Waals surface area contributed by atoms with E-state index in [4.69, 9.17) is 0 Å². The van der Waals surface area contributed by atoms with Gasteiger partial charge in [-0.25, -0.2) is 4.90 Å². The van der Waals surface area contributed by atoms with E-state index in [1.807, 2.05) is 0 Å². The van der Waals surface area contributed by atoms with E-state index in [-0.39, 0.29) is 11.8 Å². The van der Waals surface area contributed by atoms with Crippen molar-refractivity contribution in [3.05, 3.63) is 22.9 Å². The number of carbonyl (C=O) groups excluding carboxylic acids is 2. The summed E-state index contributed by atoms with van der Waals surface area (Å²) in [6.45, 7) is 0. The molecular formula is C9H7BrN2O2S. The Morgan fingerprint density at radius 2 is 1.93 bits per heavy atom. The normalized spacial score (nSPS) is 17.0. The van der Waals surface area contributed by atoms with Gasteiger partial charge in [-0.1, -0.05) is 0 Å². The average Bonchev–Trinajstić information content (AvgIpc) is 2.17. The lowest BCUT2D eigenvalue weighted by Gasteiger charge is -2.24. The highest BCUT2D eigenvalue weighted by molar-refractivity contribution is 9.10. The Morgan fingerprint density at radius 1 is 1.27 bits per heavy atom. The number of nitrogens with zero attached hydrogens (tertiary/aromatic N) is 2. The Labute approximate surface area is 99.2 Å². The highest BCUT2D eigenvalue weighted by Crippen LogP contribution is 2.23. The summed E-state index contributed by atoms with van der Waals surface area (Å²) in [6.07, 6.45) is 3.12. The van der Waals surface area contributed by atoms with Crippen molar-refractivity contribution < 1.29 is 9.59 Å². The Balaban J connectivity index is 2.35. The maximum absolute atomic E-state index is 11.6. The van der Waals surface area contributed by atoms with E-state index in [1.54, 1.807) is 12.3 Å². The molecule has 0 N–H and O–H groups in total. The maximum atomic E-state index is 11.6. The number of halogens is 1. The third kappa shape index (κ3) is 2.21. The van der Waals surface area contributed by atoms with Crippen molar-refractivity contribution in [1.29, 1.82) is 0 Å². The molecule has 0 aliphatic carbocycles. The molecule has 0 unspecified atom stereocenters. The summed E-state index contributed by atoms with van der Waals surface area (Å²) in [5.74, 6) is 0.323. The van der Waals surface area contributed by atoms with Crippen LogP contribution in [0.2, 0.25) is 0 Å². The number of amides is 2. The predicted molar refractivity (Wildman–Crippen MR) is 61.8 cm³/mol. The number of carbonyl (C=O) groups is 2. The smallest absolute Gasteiger partial charge is 0.243 e. The second-order valence-electron chi connectivity index (χ2n) is 2.98. The van der Waals surface area contributed by atoms with Crippen LogP contribution in [0.5, 0.6) is 0 Å². The molecule has 0 bridgehead atoms. The Kier molecular flexibility index (Phi) is 3.06. The zero-order valence-electron chi connectivity index (χ0n) is 7.64. The van der Waals surface area contributed by atoms with Crippen LogP contribution in [0.1, 0.15) is 0 Å². The lowest BCUT2D eigenvalue weighted by molar-refractivity contribution is -0.124. The van der Waals surface area contributed by atoms with Crippen LogP contribution in [-0.2, 0) is 9.59 Å². The molecule has 0 saturated carbocycles. The molecule has 4 nitrogen and oxygen atoms in total. The molecule has 1 aliphatic rings. The third-order valence-electron chi connectivity index (χ3n) is 1.90. The molecule has 0 atom stereocenters. The SMILES string of the molecule is O=C1CSCC(=O)N1c1cncc(Br)c1. The molecular weight excluding hydrogens is 280 g/mol. The molecule has 2 amide bonds. The fraction of sp³-hybridized carbons (Fsp3) is 0.222. The van der Waals surface area contributed by atoms with Crippen LogP contribution in [0, 0.1) is 0 Å². The maximum Gasteiger partial charge on any atom is 0.243 e. The molecule has 0 aromatic carbocycles. The van der Waals surface area contributed by atoms with E-state index in [2.05, 4.69) is 20.9 Å². The number of thioether (sulfide) groups is 1. The molecule has 0 spiro atoms. The van der Waals surface area contributed by atoms with Gasteiger partial charge in [0.1, 0.15) is 0 Å². The lowest BCUT2D eigenvalue weighted by atomic mass is 10.3. The molecule has 1 fully saturated rings. The van der Waals surface area contributed by atoms with Gasteiger partial charge in [-0.15, -0.1) is 11.8 Å². The number of imide groups is 1. The monoisotopic (exact) mass is 286 g/mol. The first-order valence-corrected chi connectivity index (χ1v) is 6.17. The van der Waals surface area contributed by atoms with Gasteiger partial charge in [0.05, 0.1) is 23.4 Å². The summed E-state index contributed by atoms with van der Waals surface area (Å²) < 4.78 is 0.749. The standard InChI is InChI=1S/C9H7BrN2O2S/c10-6-1-7(3-11-2-6)12-8(13)4-15-5-9(12)14/h1-3H,4-5H2. The van der Waals surface area contributed by atoms with Crippen molar-refractivity contribution in [2.24, 2.45) is 0 Å². The first-order valence-electron chi connectivity index (χ1n) is 4.22. The van der Waals surface area contributed by atoms with E-state index in [9.17, 15) is 9.59 Å². The molecule has 1 saturated heterocycles. The van der Waals surface area contributed by atoms with Crippen molar-refractivity contribution in [2.45, 2.75) is 0 Å². The minimum absolute atomic E-state index is 0.184. The predicted octanol–water partition coefficient (Wildman–Crippen LogP) is 1.45. The Bertz CT molecular complexity index is 408. The number of hydrogen-bond donors (Lipinski definition) is 0. The summed E-state index contributed by atoms with van der Waals surface area (Å²) in [5, 5.41) is 0. The van der Waals surface area contributed by atoms with Crippen molar-refractivity contribution >= 4 is 45.2 Å². The first kappa shape index (κ1) is 10.6. The van der Waals surface area contributed by atoms with E-state index < -0.39 is 0 Å². The summed E-state index contributed by atoms with van der Waals surface area (Å²) >= 11 is 4.59. The minimum atomic E-state index is -0.184. The van der Waals surface area contributed by atoms with Crippen molar-refractivity contribution in [3.63, 3.8) is 0 Å². The molecule has 0 radical (unpaired) electrons. The van der Waals surface area contributed by atoms with Crippen LogP contribution in [-0.4, -0.2) is 28.3 Å². The van der Waals surface area contributed by atoms with Gasteiger partial charge in [0.25, 0.3) is 0 Å². The molecule has 1 aromatic heterocycles. The molecule has 1 aliphatic heterocycles. The second kappa shape index (κ2) is 4.32. The van der Waals surface area contributed by atoms with Gasteiger partial charge in [0.2, 0.25) is 11.8 Å². The van der Waals surface area contributed by atoms with Crippen LogP contribution < -0.4 is 4.90 Å². The number of anilines is 1. The summed E-state index contributed by atoms with van der Waals surface area (Å²) in [4.78, 5) is 28.2. The van der Waals surface area contributed by atoms with Gasteiger partial charge in [-0.2, -0.15) is 0 Å². The van der Waals surface area contributed by atoms with Crippen LogP contribution in [0.15, 0.2) is 22.9 Å². The van der Waals surface area contributed by atoms with E-state index in [0.717, 1.165) is 4.47 Å². The van der Waals surface area contributed by atoms with Gasteiger partial charge < -0.3 is 0 Å². The van der Waals surface area contributed by atoms with Gasteiger partial charge in [0.15, 0.2) is 0 Å². The fourth-order valence-electron chi connectivity index (χ4n) is 1.30. The van der Waals surface area contributed by atoms with Crippen LogP contribution in [0.3, 0.4) is 0 Å². The number of rotatable bonds is 1. The zero-order valence-corrected chi connectivity index (χ0v) is 10.0. The van der Waals surface area contributed by atoms with E-state index in [1.165, 1.54) is 22.9 Å². The quantitative estimate of drug-likeness (QED) is 0.734. The zero-order chi connectivity index (χ0) is 10.8. The minimum Gasteiger partial charge on any atom is -0.273 e. The molecule has 2 rings (SSSR count). The molecule has 78 valence electrons. The second-order valence-corrected chi connectivity index (χ2v) is 4.88. The van der Waals surface area contributed by atoms with Crippen molar-refractivity contribution in [2.75, 3.05) is 16.4 Å². The molecule has 2 heterocycles. The van der Waals surface area contributed by atoms with Crippen molar-refractivity contribution in [1.82, 2.24) is 4.98 Å². The van der Waals surface area contributed by atoms with Crippen LogP contribution in [0.4, 0.5) is 5.69 Å². The van der Waals surface area contributed by atoms with Gasteiger partial charge in [-0.3, -0.25) is 14.6 Å². The lowest BCUT2D eigenvalue weighted by Crippen LogP contribution is -2.43. The van der Waals surface area contributed by atoms with E-state index in [0.29, 0.717) is 17.2 Å². The third-order valence-corrected chi connectivity index (χ3v) is 3.23. The number of pyridine rings is 1. The van der Waals surface area contributed by atoms with Crippen molar-refractivity contribution in [3.8, 4) is 0 Å². The topological polar surface area (TPSA) is 50.3 Å². The summed E-state index contributed by atoms with van der Waals surface area (Å²) in [6, 6.07) is 1.71. The van der Waals surface area contributed by atoms with Crippen LogP contribution >= 0.6 is 27.7 Å². The number of hydrogen-bond acceptors (Lipinski definition) is 4. The summed E-state index contributed by atoms with van der Waals surface area (Å²) in [7, 11) is 0. The highest BCUT2D eigenvalue weighted by Gasteiger charge is 2.27. The van der Waals surface area contributed by atoms with E-state index >= 15 is 0 Å². The Morgan fingerprint density at radius 3 is 2.53 bits per heavy atom. The number of aromatic nitrogens is 1.